The first kappa shape index (κ1) is 18.6. The molecular formula is C17H16N4O2S3. The van der Waals surface area contributed by atoms with Gasteiger partial charge in [-0.25, -0.2) is 0 Å². The van der Waals surface area contributed by atoms with Crippen LogP contribution in [0, 0.1) is 0 Å². The van der Waals surface area contributed by atoms with E-state index in [1.807, 2.05) is 23.6 Å². The van der Waals surface area contributed by atoms with Crippen LogP contribution in [-0.4, -0.2) is 22.0 Å². The van der Waals surface area contributed by atoms with Crippen LogP contribution in [0.2, 0.25) is 0 Å². The topological polar surface area (TPSA) is 84.0 Å². The predicted molar refractivity (Wildman–Crippen MR) is 107 cm³/mol. The Morgan fingerprint density at radius 3 is 2.62 bits per heavy atom. The van der Waals surface area contributed by atoms with Crippen LogP contribution >= 0.6 is 34.4 Å². The summed E-state index contributed by atoms with van der Waals surface area (Å²) in [5, 5.41) is 16.1. The summed E-state index contributed by atoms with van der Waals surface area (Å²) < 4.78 is 0.827. The van der Waals surface area contributed by atoms with Gasteiger partial charge in [0.1, 0.15) is 0 Å². The standard InChI is InChI=1S/C17H16N4O2S3/c1-11(22)18-13-6-4-12(5-7-13)9-15(23)19-16-20-21-17(26-16)25-10-14-3-2-8-24-14/h2-8H,9-10H2,1H3,(H,18,22)(H,19,20,23). The van der Waals surface area contributed by atoms with Crippen molar-refractivity contribution in [1.82, 2.24) is 10.2 Å². The number of anilines is 2. The summed E-state index contributed by atoms with van der Waals surface area (Å²) in [7, 11) is 0. The van der Waals surface area contributed by atoms with E-state index >= 15 is 0 Å². The largest absolute Gasteiger partial charge is 0.326 e. The number of nitrogens with zero attached hydrogens (tertiary/aromatic N) is 2. The van der Waals surface area contributed by atoms with Gasteiger partial charge in [0, 0.05) is 23.2 Å². The number of thioether (sulfide) groups is 1. The number of hydrogen-bond donors (Lipinski definition) is 2. The van der Waals surface area contributed by atoms with Gasteiger partial charge in [0.2, 0.25) is 16.9 Å². The molecule has 134 valence electrons. The van der Waals surface area contributed by atoms with E-state index in [2.05, 4.69) is 26.9 Å². The number of aromatic nitrogens is 2. The zero-order valence-corrected chi connectivity index (χ0v) is 16.3. The molecule has 0 aliphatic carbocycles. The summed E-state index contributed by atoms with van der Waals surface area (Å²) in [4.78, 5) is 24.4. The lowest BCUT2D eigenvalue weighted by molar-refractivity contribution is -0.116. The minimum Gasteiger partial charge on any atom is -0.326 e. The molecule has 0 saturated carbocycles. The van der Waals surface area contributed by atoms with E-state index in [0.717, 1.165) is 15.7 Å². The Hall–Kier alpha value is -2.23. The first-order valence-electron chi connectivity index (χ1n) is 7.73. The maximum atomic E-state index is 12.2. The SMILES string of the molecule is CC(=O)Nc1ccc(CC(=O)Nc2nnc(SCc3cccs3)s2)cc1. The van der Waals surface area contributed by atoms with Gasteiger partial charge >= 0.3 is 0 Å². The summed E-state index contributed by atoms with van der Waals surface area (Å²) in [6.45, 7) is 1.45. The monoisotopic (exact) mass is 404 g/mol. The van der Waals surface area contributed by atoms with E-state index < -0.39 is 0 Å². The van der Waals surface area contributed by atoms with Gasteiger partial charge in [-0.15, -0.1) is 21.5 Å². The molecule has 0 radical (unpaired) electrons. The minimum absolute atomic E-state index is 0.125. The first-order valence-corrected chi connectivity index (χ1v) is 10.4. The fourth-order valence-electron chi connectivity index (χ4n) is 2.10. The third-order valence-corrected chi connectivity index (χ3v) is 6.29. The maximum absolute atomic E-state index is 12.2. The van der Waals surface area contributed by atoms with Gasteiger partial charge in [0.15, 0.2) is 4.34 Å². The zero-order chi connectivity index (χ0) is 18.4. The second kappa shape index (κ2) is 8.93. The molecule has 2 heterocycles. The van der Waals surface area contributed by atoms with E-state index in [-0.39, 0.29) is 18.2 Å². The Bertz CT molecular complexity index is 876. The van der Waals surface area contributed by atoms with E-state index in [9.17, 15) is 9.59 Å². The van der Waals surface area contributed by atoms with Crippen LogP contribution < -0.4 is 10.6 Å². The quantitative estimate of drug-likeness (QED) is 0.459. The molecule has 0 aliphatic rings. The summed E-state index contributed by atoms with van der Waals surface area (Å²) in [5.74, 6) is 0.573. The van der Waals surface area contributed by atoms with Crippen molar-refractivity contribution in [3.8, 4) is 0 Å². The molecule has 0 atom stereocenters. The van der Waals surface area contributed by atoms with Gasteiger partial charge in [-0.3, -0.25) is 9.59 Å². The zero-order valence-electron chi connectivity index (χ0n) is 13.9. The molecule has 0 spiro atoms. The fraction of sp³-hybridized carbons (Fsp3) is 0.176. The number of rotatable bonds is 7. The maximum Gasteiger partial charge on any atom is 0.230 e. The molecule has 0 unspecified atom stereocenters. The van der Waals surface area contributed by atoms with Crippen molar-refractivity contribution in [3.05, 3.63) is 52.2 Å². The number of carbonyl (C=O) groups is 2. The van der Waals surface area contributed by atoms with E-state index in [1.165, 1.54) is 23.1 Å². The van der Waals surface area contributed by atoms with Crippen LogP contribution in [0.5, 0.6) is 0 Å². The minimum atomic E-state index is -0.150. The van der Waals surface area contributed by atoms with Gasteiger partial charge in [-0.2, -0.15) is 0 Å². The third-order valence-electron chi connectivity index (χ3n) is 3.21. The average molecular weight is 405 g/mol. The molecule has 6 nitrogen and oxygen atoms in total. The summed E-state index contributed by atoms with van der Waals surface area (Å²) in [6.07, 6.45) is 0.234. The second-order valence-corrected chi connectivity index (χ2v) is 8.58. The highest BCUT2D eigenvalue weighted by Crippen LogP contribution is 2.29. The molecule has 1 aromatic carbocycles. The lowest BCUT2D eigenvalue weighted by atomic mass is 10.1. The van der Waals surface area contributed by atoms with Crippen molar-refractivity contribution < 1.29 is 9.59 Å². The lowest BCUT2D eigenvalue weighted by Gasteiger charge is -2.04. The van der Waals surface area contributed by atoms with Crippen LogP contribution in [0.1, 0.15) is 17.4 Å². The van der Waals surface area contributed by atoms with Crippen molar-refractivity contribution in [2.75, 3.05) is 10.6 Å². The van der Waals surface area contributed by atoms with E-state index in [1.54, 1.807) is 35.2 Å². The molecule has 0 aliphatic heterocycles. The number of benzene rings is 1. The predicted octanol–water partition coefficient (Wildman–Crippen LogP) is 4.03. The number of carbonyl (C=O) groups excluding carboxylic acids is 2. The summed E-state index contributed by atoms with van der Waals surface area (Å²) >= 11 is 4.68. The van der Waals surface area contributed by atoms with Crippen LogP contribution in [0.15, 0.2) is 46.1 Å². The van der Waals surface area contributed by atoms with Gasteiger partial charge in [-0.05, 0) is 29.1 Å². The Morgan fingerprint density at radius 1 is 1.12 bits per heavy atom. The number of thiophene rings is 1. The van der Waals surface area contributed by atoms with Crippen molar-refractivity contribution >= 4 is 57.1 Å². The molecule has 0 saturated heterocycles. The van der Waals surface area contributed by atoms with Gasteiger partial charge in [0.05, 0.1) is 6.42 Å². The van der Waals surface area contributed by atoms with Crippen molar-refractivity contribution in [3.63, 3.8) is 0 Å². The summed E-state index contributed by atoms with van der Waals surface area (Å²) in [6, 6.07) is 11.3. The van der Waals surface area contributed by atoms with Gasteiger partial charge in [0.25, 0.3) is 0 Å². The van der Waals surface area contributed by atoms with Crippen LogP contribution in [0.4, 0.5) is 10.8 Å². The Kier molecular flexibility index (Phi) is 6.37. The van der Waals surface area contributed by atoms with Crippen LogP contribution in [0.25, 0.3) is 0 Å². The first-order chi connectivity index (χ1) is 12.6. The molecule has 9 heteroatoms. The van der Waals surface area contributed by atoms with Gasteiger partial charge < -0.3 is 10.6 Å². The Balaban J connectivity index is 1.49. The number of nitrogens with one attached hydrogen (secondary N) is 2. The van der Waals surface area contributed by atoms with Gasteiger partial charge in [-0.1, -0.05) is 41.3 Å². The number of amides is 2. The normalized spacial score (nSPS) is 10.5. The fourth-order valence-corrected chi connectivity index (χ4v) is 4.65. The molecular weight excluding hydrogens is 388 g/mol. The molecule has 2 aromatic heterocycles. The highest BCUT2D eigenvalue weighted by Gasteiger charge is 2.10. The number of hydrogen-bond acceptors (Lipinski definition) is 7. The molecule has 26 heavy (non-hydrogen) atoms. The van der Waals surface area contributed by atoms with Crippen LogP contribution in [0.3, 0.4) is 0 Å². The molecule has 3 rings (SSSR count). The lowest BCUT2D eigenvalue weighted by Crippen LogP contribution is -2.14. The van der Waals surface area contributed by atoms with E-state index in [4.69, 9.17) is 0 Å². The molecule has 2 N–H and O–H groups in total. The Labute approximate surface area is 163 Å². The second-order valence-electron chi connectivity index (χ2n) is 5.34. The summed E-state index contributed by atoms with van der Waals surface area (Å²) in [5.41, 5.74) is 1.56. The van der Waals surface area contributed by atoms with Crippen molar-refractivity contribution in [1.29, 1.82) is 0 Å². The molecule has 2 amide bonds. The Morgan fingerprint density at radius 2 is 1.92 bits per heavy atom. The highest BCUT2D eigenvalue weighted by molar-refractivity contribution is 8.00. The highest BCUT2D eigenvalue weighted by atomic mass is 32.2. The van der Waals surface area contributed by atoms with Crippen molar-refractivity contribution in [2.24, 2.45) is 0 Å². The van der Waals surface area contributed by atoms with E-state index in [0.29, 0.717) is 10.8 Å². The average Bonchev–Trinajstić information content (AvgIpc) is 3.26. The van der Waals surface area contributed by atoms with Crippen LogP contribution in [-0.2, 0) is 21.8 Å². The van der Waals surface area contributed by atoms with Crippen molar-refractivity contribution in [2.45, 2.75) is 23.4 Å². The third kappa shape index (κ3) is 5.65. The molecule has 0 bridgehead atoms. The molecule has 0 fully saturated rings. The molecule has 3 aromatic rings. The smallest absolute Gasteiger partial charge is 0.230 e.